The summed E-state index contributed by atoms with van der Waals surface area (Å²) in [7, 11) is 1.60. The van der Waals surface area contributed by atoms with Gasteiger partial charge in [0.25, 0.3) is 11.7 Å². The summed E-state index contributed by atoms with van der Waals surface area (Å²) < 4.78 is 14.9. The first kappa shape index (κ1) is 35.8. The maximum atomic E-state index is 13.0. The van der Waals surface area contributed by atoms with Gasteiger partial charge in [0, 0.05) is 25.5 Å². The number of esters is 1. The molecule has 0 bridgehead atoms. The summed E-state index contributed by atoms with van der Waals surface area (Å²) in [5, 5.41) is 5.61. The Labute approximate surface area is 273 Å². The maximum absolute atomic E-state index is 13.0. The number of rotatable bonds is 13. The van der Waals surface area contributed by atoms with Crippen LogP contribution in [0.5, 0.6) is 5.75 Å². The van der Waals surface area contributed by atoms with Gasteiger partial charge < -0.3 is 55.6 Å². The second-order valence-electron chi connectivity index (χ2n) is 10.6. The number of methoxy groups -OCH3 is 1. The zero-order valence-corrected chi connectivity index (χ0v) is 28.0. The highest BCUT2D eigenvalue weighted by molar-refractivity contribution is 6.31. The first-order chi connectivity index (χ1) is 19.8. The van der Waals surface area contributed by atoms with E-state index in [1.165, 1.54) is 0 Å². The molecule has 0 atom stereocenters. The zero-order valence-electron chi connectivity index (χ0n) is 25.1. The van der Waals surface area contributed by atoms with Gasteiger partial charge in [-0.15, -0.1) is 0 Å². The molecule has 3 aromatic rings. The lowest BCUT2D eigenvalue weighted by molar-refractivity contribution is -0.680. The maximum Gasteiger partial charge on any atom is 0.306 e. The molecule has 2 amide bonds. The van der Waals surface area contributed by atoms with Gasteiger partial charge >= 0.3 is 5.97 Å². The monoisotopic (exact) mass is 730 g/mol. The number of carbonyl (C=O) groups excluding carboxylic acids is 3. The number of halogens is 2. The Morgan fingerprint density at radius 1 is 1.07 bits per heavy atom. The van der Waals surface area contributed by atoms with E-state index in [0.29, 0.717) is 38.2 Å². The second-order valence-corrected chi connectivity index (χ2v) is 11.0. The Kier molecular flexibility index (Phi) is 13.2. The number of aryl methyl sites for hydroxylation is 2. The standard InChI is InChI=1S/C28H39ClN8O5.HI/c1-6-36-19-15-17(41-5)11-12-18(19)37(14-8-9-20(38)32-13-7-10-22(39)42-28(2,3)4)21(36)16-33-27(40)23-25(30)35-26(31)24(29)34-23;/h11-12,15H,6-10,13-14,16H2,1-5H3,(H5-,30,31,32,33,35,38,40);1H. The van der Waals surface area contributed by atoms with E-state index in [1.54, 1.807) is 7.11 Å². The highest BCUT2D eigenvalue weighted by Crippen LogP contribution is 2.22. The first-order valence-electron chi connectivity index (χ1n) is 13.8. The number of benzene rings is 1. The van der Waals surface area contributed by atoms with Gasteiger partial charge in [0.1, 0.15) is 17.9 Å². The van der Waals surface area contributed by atoms with E-state index in [1.807, 2.05) is 45.9 Å². The summed E-state index contributed by atoms with van der Waals surface area (Å²) in [5.41, 5.74) is 12.7. The highest BCUT2D eigenvalue weighted by atomic mass is 127. The summed E-state index contributed by atoms with van der Waals surface area (Å²) >= 11 is 5.95. The minimum Gasteiger partial charge on any atom is -1.00 e. The summed E-state index contributed by atoms with van der Waals surface area (Å²) in [6, 6.07) is 5.75. The van der Waals surface area contributed by atoms with Crippen molar-refractivity contribution in [2.75, 3.05) is 25.1 Å². The molecule has 2 aromatic heterocycles. The lowest BCUT2D eigenvalue weighted by atomic mass is 10.2. The fourth-order valence-electron chi connectivity index (χ4n) is 4.48. The molecular formula is C28H40ClIN8O5. The molecule has 3 rings (SSSR count). The van der Waals surface area contributed by atoms with Crippen molar-refractivity contribution in [3.8, 4) is 5.75 Å². The Morgan fingerprint density at radius 2 is 1.79 bits per heavy atom. The van der Waals surface area contributed by atoms with E-state index < -0.39 is 11.5 Å². The number of hydrogen-bond donors (Lipinski definition) is 4. The van der Waals surface area contributed by atoms with E-state index in [2.05, 4.69) is 29.7 Å². The number of nitrogens with two attached hydrogens (primary N) is 2. The predicted octanol–water partition coefficient (Wildman–Crippen LogP) is -0.483. The molecule has 2 heterocycles. The molecule has 0 radical (unpaired) electrons. The van der Waals surface area contributed by atoms with Crippen molar-refractivity contribution in [3.63, 3.8) is 0 Å². The van der Waals surface area contributed by atoms with Crippen LogP contribution in [0.15, 0.2) is 18.2 Å². The molecule has 13 nitrogen and oxygen atoms in total. The van der Waals surface area contributed by atoms with Crippen molar-refractivity contribution in [1.29, 1.82) is 0 Å². The third kappa shape index (κ3) is 9.81. The number of imidazole rings is 1. The zero-order chi connectivity index (χ0) is 31.0. The number of hydrogen-bond acceptors (Lipinski definition) is 9. The van der Waals surface area contributed by atoms with Crippen LogP contribution >= 0.6 is 11.6 Å². The Morgan fingerprint density at radius 3 is 2.44 bits per heavy atom. The van der Waals surface area contributed by atoms with Crippen LogP contribution < -0.4 is 55.4 Å². The quantitative estimate of drug-likeness (QED) is 0.0782. The third-order valence-corrected chi connectivity index (χ3v) is 6.59. The Balaban J connectivity index is 0.00000645. The smallest absolute Gasteiger partial charge is 0.306 e. The van der Waals surface area contributed by atoms with Crippen molar-refractivity contribution in [3.05, 3.63) is 34.9 Å². The molecule has 43 heavy (non-hydrogen) atoms. The number of carbonyl (C=O) groups is 3. The number of nitrogen functional groups attached to an aromatic ring is 2. The molecule has 15 heteroatoms. The highest BCUT2D eigenvalue weighted by Gasteiger charge is 2.26. The average Bonchev–Trinajstić information content (AvgIpc) is 3.22. The number of ether oxygens (including phenoxy) is 2. The summed E-state index contributed by atoms with van der Waals surface area (Å²) in [5.74, 6) is 0.374. The lowest BCUT2D eigenvalue weighted by Crippen LogP contribution is -3.00. The Hall–Kier alpha value is -3.40. The van der Waals surface area contributed by atoms with Gasteiger partial charge in [-0.1, -0.05) is 11.6 Å². The molecule has 0 aliphatic carbocycles. The first-order valence-corrected chi connectivity index (χ1v) is 14.2. The third-order valence-electron chi connectivity index (χ3n) is 6.32. The number of nitrogens with zero attached hydrogens (tertiary/aromatic N) is 4. The van der Waals surface area contributed by atoms with Crippen molar-refractivity contribution in [1.82, 2.24) is 25.2 Å². The van der Waals surface area contributed by atoms with Crippen LogP contribution in [-0.4, -0.2) is 51.6 Å². The van der Waals surface area contributed by atoms with E-state index in [4.69, 9.17) is 32.5 Å². The molecule has 0 fully saturated rings. The van der Waals surface area contributed by atoms with E-state index in [0.717, 1.165) is 16.9 Å². The molecule has 0 aliphatic rings. The molecule has 6 N–H and O–H groups in total. The van der Waals surface area contributed by atoms with Gasteiger partial charge in [0.05, 0.1) is 20.2 Å². The number of amides is 2. The fourth-order valence-corrected chi connectivity index (χ4v) is 4.61. The SMILES string of the molecule is CCn1c(CNC(=O)c2nc(Cl)c(N)nc2N)[n+](CCCC(=O)NCCCC(=O)OC(C)(C)C)c2ccc(OC)cc21.[I-]. The van der Waals surface area contributed by atoms with Gasteiger partial charge in [-0.25, -0.2) is 19.1 Å². The van der Waals surface area contributed by atoms with Crippen molar-refractivity contribution in [2.45, 2.75) is 78.6 Å². The van der Waals surface area contributed by atoms with Crippen molar-refractivity contribution >= 4 is 52.1 Å². The fraction of sp³-hybridized carbons (Fsp3) is 0.500. The normalized spacial score (nSPS) is 11.1. The Bertz CT molecular complexity index is 1460. The number of fused-ring (bicyclic) bond motifs is 1. The van der Waals surface area contributed by atoms with E-state index in [9.17, 15) is 14.4 Å². The molecule has 0 spiro atoms. The molecule has 0 saturated heterocycles. The van der Waals surface area contributed by atoms with Crippen LogP contribution in [0.4, 0.5) is 11.6 Å². The van der Waals surface area contributed by atoms with Crippen LogP contribution in [0.3, 0.4) is 0 Å². The number of nitrogens with one attached hydrogen (secondary N) is 2. The molecule has 1 aromatic carbocycles. The van der Waals surface area contributed by atoms with Crippen LogP contribution in [0.2, 0.25) is 5.15 Å². The average molecular weight is 731 g/mol. The minimum atomic E-state index is -0.551. The van der Waals surface area contributed by atoms with E-state index >= 15 is 0 Å². The van der Waals surface area contributed by atoms with E-state index in [-0.39, 0.29) is 77.7 Å². The van der Waals surface area contributed by atoms with Gasteiger partial charge in [0.15, 0.2) is 33.5 Å². The van der Waals surface area contributed by atoms with Gasteiger partial charge in [0.2, 0.25) is 5.91 Å². The molecular weight excluding hydrogens is 691 g/mol. The van der Waals surface area contributed by atoms with Crippen LogP contribution in [-0.2, 0) is 34.0 Å². The van der Waals surface area contributed by atoms with Gasteiger partial charge in [-0.2, -0.15) is 0 Å². The summed E-state index contributed by atoms with van der Waals surface area (Å²) in [6.07, 6.45) is 1.57. The predicted molar refractivity (Wildman–Crippen MR) is 159 cm³/mol. The van der Waals surface area contributed by atoms with Crippen LogP contribution in [0.25, 0.3) is 11.0 Å². The molecule has 0 saturated carbocycles. The minimum absolute atomic E-state index is 0. The topological polar surface area (TPSA) is 180 Å². The summed E-state index contributed by atoms with van der Waals surface area (Å²) in [4.78, 5) is 45.2. The number of anilines is 2. The van der Waals surface area contributed by atoms with Crippen LogP contribution in [0, 0.1) is 0 Å². The number of aromatic nitrogens is 4. The molecule has 0 aliphatic heterocycles. The second kappa shape index (κ2) is 15.9. The lowest BCUT2D eigenvalue weighted by Gasteiger charge is -2.19. The van der Waals surface area contributed by atoms with Crippen LogP contribution in [0.1, 0.15) is 69.7 Å². The molecule has 236 valence electrons. The molecule has 0 unspecified atom stereocenters. The van der Waals surface area contributed by atoms with Gasteiger partial charge in [-0.05, 0) is 52.7 Å². The largest absolute Gasteiger partial charge is 1.00 e. The van der Waals surface area contributed by atoms with Crippen molar-refractivity contribution in [2.24, 2.45) is 0 Å². The van der Waals surface area contributed by atoms with Crippen molar-refractivity contribution < 1.29 is 52.4 Å². The summed E-state index contributed by atoms with van der Waals surface area (Å²) in [6.45, 7) is 9.12. The van der Waals surface area contributed by atoms with Gasteiger partial charge in [-0.3, -0.25) is 14.4 Å².